The van der Waals surface area contributed by atoms with Gasteiger partial charge in [0.2, 0.25) is 5.91 Å². The van der Waals surface area contributed by atoms with E-state index in [4.69, 9.17) is 0 Å². The van der Waals surface area contributed by atoms with E-state index in [0.717, 1.165) is 11.3 Å². The molecule has 1 heterocycles. The van der Waals surface area contributed by atoms with Crippen molar-refractivity contribution >= 4 is 11.6 Å². The molecule has 92 valence electrons. The highest BCUT2D eigenvalue weighted by Gasteiger charge is 2.35. The van der Waals surface area contributed by atoms with E-state index >= 15 is 0 Å². The van der Waals surface area contributed by atoms with Gasteiger partial charge in [-0.2, -0.15) is 0 Å². The highest BCUT2D eigenvalue weighted by atomic mass is 19.1. The number of amides is 1. The average molecular weight is 236 g/mol. The maximum absolute atomic E-state index is 14.0. The number of hydrogen-bond donors (Lipinski definition) is 2. The van der Waals surface area contributed by atoms with Gasteiger partial charge in [0.05, 0.1) is 6.42 Å². The van der Waals surface area contributed by atoms with Gasteiger partial charge >= 0.3 is 0 Å². The second-order valence-corrected chi connectivity index (χ2v) is 4.67. The first kappa shape index (κ1) is 12.0. The standard InChI is InChI=1S/C13H17FN2O/c1-10-3-2-4-11(7-10)16-12(17)8-13(14)5-6-15-9-13/h2-4,7,15H,5-6,8-9H2,1H3,(H,16,17). The summed E-state index contributed by atoms with van der Waals surface area (Å²) in [6.07, 6.45) is 0.335. The molecule has 1 unspecified atom stereocenters. The summed E-state index contributed by atoms with van der Waals surface area (Å²) in [5.74, 6) is -0.262. The Balaban J connectivity index is 1.93. The van der Waals surface area contributed by atoms with E-state index in [2.05, 4.69) is 10.6 Å². The molecule has 1 fully saturated rings. The fourth-order valence-electron chi connectivity index (χ4n) is 2.08. The zero-order chi connectivity index (χ0) is 12.3. The van der Waals surface area contributed by atoms with E-state index in [0.29, 0.717) is 13.0 Å². The minimum absolute atomic E-state index is 0.0755. The van der Waals surface area contributed by atoms with Gasteiger partial charge in [0.1, 0.15) is 5.67 Å². The lowest BCUT2D eigenvalue weighted by atomic mass is 10.0. The summed E-state index contributed by atoms with van der Waals surface area (Å²) in [7, 11) is 0. The van der Waals surface area contributed by atoms with Crippen LogP contribution in [0, 0.1) is 6.92 Å². The lowest BCUT2D eigenvalue weighted by Crippen LogP contribution is -2.31. The fourth-order valence-corrected chi connectivity index (χ4v) is 2.08. The average Bonchev–Trinajstić information content (AvgIpc) is 2.64. The van der Waals surface area contributed by atoms with E-state index in [1.54, 1.807) is 0 Å². The molecule has 1 aromatic rings. The molecule has 0 spiro atoms. The summed E-state index contributed by atoms with van der Waals surface area (Å²) >= 11 is 0. The van der Waals surface area contributed by atoms with Gasteiger partial charge in [-0.15, -0.1) is 0 Å². The van der Waals surface area contributed by atoms with Gasteiger partial charge in [-0.3, -0.25) is 4.79 Å². The number of carbonyl (C=O) groups excluding carboxylic acids is 1. The zero-order valence-corrected chi connectivity index (χ0v) is 9.92. The molecule has 1 atom stereocenters. The van der Waals surface area contributed by atoms with Gasteiger partial charge in [0.15, 0.2) is 0 Å². The molecular formula is C13H17FN2O. The van der Waals surface area contributed by atoms with Crippen molar-refractivity contribution in [1.29, 1.82) is 0 Å². The first-order valence-corrected chi connectivity index (χ1v) is 5.84. The van der Waals surface area contributed by atoms with Gasteiger partial charge in [-0.05, 0) is 37.6 Å². The maximum atomic E-state index is 14.0. The molecule has 4 heteroatoms. The Labute approximate surface area is 100 Å². The molecule has 17 heavy (non-hydrogen) atoms. The van der Waals surface area contributed by atoms with Crippen LogP contribution in [0.4, 0.5) is 10.1 Å². The minimum Gasteiger partial charge on any atom is -0.326 e. The lowest BCUT2D eigenvalue weighted by Gasteiger charge is -2.17. The Hall–Kier alpha value is -1.42. The zero-order valence-electron chi connectivity index (χ0n) is 9.92. The topological polar surface area (TPSA) is 41.1 Å². The summed E-state index contributed by atoms with van der Waals surface area (Å²) in [6.45, 7) is 2.87. The van der Waals surface area contributed by atoms with Crippen molar-refractivity contribution in [2.45, 2.75) is 25.4 Å². The minimum atomic E-state index is -1.38. The first-order valence-electron chi connectivity index (χ1n) is 5.84. The van der Waals surface area contributed by atoms with E-state index < -0.39 is 5.67 Å². The van der Waals surface area contributed by atoms with Gasteiger partial charge in [-0.25, -0.2) is 4.39 Å². The number of alkyl halides is 1. The fraction of sp³-hybridized carbons (Fsp3) is 0.462. The van der Waals surface area contributed by atoms with Crippen molar-refractivity contribution in [2.24, 2.45) is 0 Å². The van der Waals surface area contributed by atoms with Crippen LogP contribution >= 0.6 is 0 Å². The number of carbonyl (C=O) groups is 1. The molecule has 1 aromatic carbocycles. The Kier molecular flexibility index (Phi) is 3.43. The van der Waals surface area contributed by atoms with Gasteiger partial charge in [0, 0.05) is 12.2 Å². The Bertz CT molecular complexity index is 414. The third-order valence-electron chi connectivity index (χ3n) is 2.97. The molecule has 1 amide bonds. The number of benzene rings is 1. The third kappa shape index (κ3) is 3.27. The SMILES string of the molecule is Cc1cccc(NC(=O)CC2(F)CCNC2)c1. The van der Waals surface area contributed by atoms with Crippen molar-refractivity contribution in [2.75, 3.05) is 18.4 Å². The summed E-state index contributed by atoms with van der Waals surface area (Å²) in [4.78, 5) is 11.7. The predicted octanol–water partition coefficient (Wildman–Crippen LogP) is 2.03. The first-order chi connectivity index (χ1) is 8.07. The van der Waals surface area contributed by atoms with Crippen LogP contribution < -0.4 is 10.6 Å². The van der Waals surface area contributed by atoms with E-state index in [1.807, 2.05) is 31.2 Å². The van der Waals surface area contributed by atoms with Crippen LogP contribution in [0.25, 0.3) is 0 Å². The second-order valence-electron chi connectivity index (χ2n) is 4.67. The number of nitrogens with one attached hydrogen (secondary N) is 2. The molecule has 1 aliphatic heterocycles. The largest absolute Gasteiger partial charge is 0.326 e. The molecule has 0 aliphatic carbocycles. The maximum Gasteiger partial charge on any atom is 0.227 e. The monoisotopic (exact) mass is 236 g/mol. The quantitative estimate of drug-likeness (QED) is 0.843. The molecule has 0 saturated carbocycles. The van der Waals surface area contributed by atoms with E-state index in [-0.39, 0.29) is 18.9 Å². The summed E-state index contributed by atoms with van der Waals surface area (Å²) < 4.78 is 14.0. The van der Waals surface area contributed by atoms with E-state index in [9.17, 15) is 9.18 Å². The van der Waals surface area contributed by atoms with Crippen LogP contribution in [0.3, 0.4) is 0 Å². The van der Waals surface area contributed by atoms with E-state index in [1.165, 1.54) is 0 Å². The molecule has 0 radical (unpaired) electrons. The van der Waals surface area contributed by atoms with Gasteiger partial charge in [0.25, 0.3) is 0 Å². The van der Waals surface area contributed by atoms with Crippen molar-refractivity contribution in [1.82, 2.24) is 5.32 Å². The van der Waals surface area contributed by atoms with Crippen LogP contribution in [0.2, 0.25) is 0 Å². The molecule has 3 nitrogen and oxygen atoms in total. The van der Waals surface area contributed by atoms with Crippen molar-refractivity contribution in [3.8, 4) is 0 Å². The van der Waals surface area contributed by atoms with Gasteiger partial charge in [-0.1, -0.05) is 12.1 Å². The molecule has 1 saturated heterocycles. The Morgan fingerprint density at radius 3 is 3.06 bits per heavy atom. The number of rotatable bonds is 3. The molecule has 2 N–H and O–H groups in total. The third-order valence-corrected chi connectivity index (χ3v) is 2.97. The molecule has 0 aromatic heterocycles. The van der Waals surface area contributed by atoms with Crippen molar-refractivity contribution < 1.29 is 9.18 Å². The Morgan fingerprint density at radius 1 is 1.59 bits per heavy atom. The normalized spacial score (nSPS) is 23.6. The second kappa shape index (κ2) is 4.84. The molecular weight excluding hydrogens is 219 g/mol. The van der Waals surface area contributed by atoms with Crippen LogP contribution in [-0.2, 0) is 4.79 Å². The predicted molar refractivity (Wildman–Crippen MR) is 65.8 cm³/mol. The highest BCUT2D eigenvalue weighted by Crippen LogP contribution is 2.24. The number of halogens is 1. The summed E-state index contributed by atoms with van der Waals surface area (Å²) in [5.41, 5.74) is 0.415. The number of anilines is 1. The summed E-state index contributed by atoms with van der Waals surface area (Å²) in [6, 6.07) is 7.50. The van der Waals surface area contributed by atoms with Crippen LogP contribution in [-0.4, -0.2) is 24.7 Å². The highest BCUT2D eigenvalue weighted by molar-refractivity contribution is 5.91. The van der Waals surface area contributed by atoms with Gasteiger partial charge < -0.3 is 10.6 Å². The molecule has 0 bridgehead atoms. The van der Waals surface area contributed by atoms with Crippen LogP contribution in [0.15, 0.2) is 24.3 Å². The molecule has 2 rings (SSSR count). The van der Waals surface area contributed by atoms with Crippen LogP contribution in [0.5, 0.6) is 0 Å². The lowest BCUT2D eigenvalue weighted by molar-refractivity contribution is -0.118. The number of hydrogen-bond acceptors (Lipinski definition) is 2. The van der Waals surface area contributed by atoms with Crippen molar-refractivity contribution in [3.63, 3.8) is 0 Å². The van der Waals surface area contributed by atoms with Crippen molar-refractivity contribution in [3.05, 3.63) is 29.8 Å². The number of aryl methyl sites for hydroxylation is 1. The summed E-state index contributed by atoms with van der Waals surface area (Å²) in [5, 5.41) is 5.66. The smallest absolute Gasteiger partial charge is 0.227 e. The molecule has 1 aliphatic rings. The van der Waals surface area contributed by atoms with Crippen LogP contribution in [0.1, 0.15) is 18.4 Å². The Morgan fingerprint density at radius 2 is 2.41 bits per heavy atom.